The van der Waals surface area contributed by atoms with Crippen molar-refractivity contribution in [3.63, 3.8) is 0 Å². The van der Waals surface area contributed by atoms with E-state index >= 15 is 0 Å². The highest BCUT2D eigenvalue weighted by Crippen LogP contribution is 2.35. The summed E-state index contributed by atoms with van der Waals surface area (Å²) in [6.45, 7) is 0.321. The molecule has 10 nitrogen and oxygen atoms in total. The maximum Gasteiger partial charge on any atom is 0.255 e. The number of amides is 3. The minimum Gasteiger partial charge on any atom is -0.333 e. The van der Waals surface area contributed by atoms with Crippen LogP contribution in [-0.4, -0.2) is 52.8 Å². The molecule has 164 valence electrons. The third-order valence-electron chi connectivity index (χ3n) is 6.28. The van der Waals surface area contributed by atoms with Gasteiger partial charge in [-0.25, -0.2) is 14.5 Å². The number of nitrogens with one attached hydrogen (secondary N) is 1. The number of piperidine rings is 1. The van der Waals surface area contributed by atoms with Gasteiger partial charge in [-0.05, 0) is 36.2 Å². The standard InChI is InChI=1S/C23H19N7O3/c1-28-12-25-20(21(28)14-3-6-18-24-11-26-30(18)10-14)13-2-4-16-15(8-13)9-29(23(16)33)17-5-7-19(31)27-22(17)32/h2-4,6,8,10-12,17H,5,7,9H2,1H3,(H,27,31,32). The molecule has 0 spiro atoms. The van der Waals surface area contributed by atoms with Crippen LogP contribution in [0.5, 0.6) is 0 Å². The van der Waals surface area contributed by atoms with E-state index in [9.17, 15) is 14.4 Å². The molecule has 3 amide bonds. The molecule has 10 heteroatoms. The fraction of sp³-hybridized carbons (Fsp3) is 0.217. The second-order valence-corrected chi connectivity index (χ2v) is 8.31. The van der Waals surface area contributed by atoms with Gasteiger partial charge in [-0.15, -0.1) is 0 Å². The maximum atomic E-state index is 13.0. The molecule has 6 rings (SSSR count). The third-order valence-corrected chi connectivity index (χ3v) is 6.28. The minimum atomic E-state index is -0.633. The van der Waals surface area contributed by atoms with E-state index in [4.69, 9.17) is 0 Å². The second kappa shape index (κ2) is 7.09. The van der Waals surface area contributed by atoms with Gasteiger partial charge in [0, 0.05) is 42.9 Å². The van der Waals surface area contributed by atoms with Crippen LogP contribution in [0.3, 0.4) is 0 Å². The topological polar surface area (TPSA) is 114 Å². The Bertz CT molecular complexity index is 1470. The number of fused-ring (bicyclic) bond motifs is 2. The number of carbonyl (C=O) groups is 3. The molecule has 1 aromatic carbocycles. The number of rotatable bonds is 3. The lowest BCUT2D eigenvalue weighted by molar-refractivity contribution is -0.136. The summed E-state index contributed by atoms with van der Waals surface area (Å²) in [7, 11) is 1.93. The Balaban J connectivity index is 1.36. The fourth-order valence-corrected chi connectivity index (χ4v) is 4.66. The molecule has 5 heterocycles. The monoisotopic (exact) mass is 441 g/mol. The first-order chi connectivity index (χ1) is 16.0. The summed E-state index contributed by atoms with van der Waals surface area (Å²) < 4.78 is 3.66. The normalized spacial score (nSPS) is 18.2. The number of carbonyl (C=O) groups excluding carboxylic acids is 3. The fourth-order valence-electron chi connectivity index (χ4n) is 4.66. The summed E-state index contributed by atoms with van der Waals surface area (Å²) in [5, 5.41) is 6.55. The number of aromatic nitrogens is 5. The van der Waals surface area contributed by atoms with Crippen LogP contribution in [0.25, 0.3) is 28.2 Å². The van der Waals surface area contributed by atoms with E-state index in [0.717, 1.165) is 33.7 Å². The SMILES string of the molecule is Cn1cnc(-c2ccc3c(c2)CN(C2CCC(=O)NC2=O)C3=O)c1-c1ccc2ncnn2c1. The highest BCUT2D eigenvalue weighted by Gasteiger charge is 2.39. The van der Waals surface area contributed by atoms with Gasteiger partial charge in [0.1, 0.15) is 12.4 Å². The van der Waals surface area contributed by atoms with Crippen LogP contribution >= 0.6 is 0 Å². The number of imide groups is 1. The van der Waals surface area contributed by atoms with Crippen molar-refractivity contribution >= 4 is 23.4 Å². The first-order valence-corrected chi connectivity index (χ1v) is 10.6. The van der Waals surface area contributed by atoms with Crippen LogP contribution in [0.1, 0.15) is 28.8 Å². The van der Waals surface area contributed by atoms with Gasteiger partial charge in [0.05, 0.1) is 17.7 Å². The maximum absolute atomic E-state index is 13.0. The number of imidazole rings is 1. The third kappa shape index (κ3) is 3.02. The number of hydrogen-bond donors (Lipinski definition) is 1. The number of pyridine rings is 1. The summed E-state index contributed by atoms with van der Waals surface area (Å²) in [6.07, 6.45) is 5.74. The predicted molar refractivity (Wildman–Crippen MR) is 117 cm³/mol. The Labute approximate surface area is 187 Å². The van der Waals surface area contributed by atoms with Gasteiger partial charge in [-0.1, -0.05) is 6.07 Å². The molecule has 0 radical (unpaired) electrons. The van der Waals surface area contributed by atoms with Gasteiger partial charge in [0.25, 0.3) is 5.91 Å². The zero-order valence-corrected chi connectivity index (χ0v) is 17.7. The zero-order valence-electron chi connectivity index (χ0n) is 17.7. The Morgan fingerprint density at radius 1 is 1.06 bits per heavy atom. The number of nitrogens with zero attached hydrogens (tertiary/aromatic N) is 6. The molecule has 0 aliphatic carbocycles. The predicted octanol–water partition coefficient (Wildman–Crippen LogP) is 1.56. The quantitative estimate of drug-likeness (QED) is 0.483. The average molecular weight is 441 g/mol. The summed E-state index contributed by atoms with van der Waals surface area (Å²) in [4.78, 5) is 47.1. The summed E-state index contributed by atoms with van der Waals surface area (Å²) >= 11 is 0. The van der Waals surface area contributed by atoms with Crippen molar-refractivity contribution < 1.29 is 14.4 Å². The van der Waals surface area contributed by atoms with Gasteiger partial charge >= 0.3 is 0 Å². The second-order valence-electron chi connectivity index (χ2n) is 8.31. The molecule has 2 aliphatic heterocycles. The lowest BCUT2D eigenvalue weighted by Crippen LogP contribution is -2.52. The Morgan fingerprint density at radius 3 is 2.76 bits per heavy atom. The lowest BCUT2D eigenvalue weighted by atomic mass is 10.0. The van der Waals surface area contributed by atoms with E-state index in [0.29, 0.717) is 18.5 Å². The summed E-state index contributed by atoms with van der Waals surface area (Å²) in [5.41, 5.74) is 5.68. The molecule has 1 atom stereocenters. The number of hydrogen-bond acceptors (Lipinski definition) is 6. The van der Waals surface area contributed by atoms with Crippen molar-refractivity contribution in [1.82, 2.24) is 34.4 Å². The lowest BCUT2D eigenvalue weighted by Gasteiger charge is -2.29. The van der Waals surface area contributed by atoms with Gasteiger partial charge < -0.3 is 9.47 Å². The first kappa shape index (κ1) is 19.4. The van der Waals surface area contributed by atoms with Gasteiger partial charge in [-0.2, -0.15) is 5.10 Å². The number of benzene rings is 1. The molecule has 0 bridgehead atoms. The van der Waals surface area contributed by atoms with E-state index in [1.165, 1.54) is 6.33 Å². The minimum absolute atomic E-state index is 0.191. The Kier molecular flexibility index (Phi) is 4.16. The van der Waals surface area contributed by atoms with E-state index in [1.54, 1.807) is 21.8 Å². The highest BCUT2D eigenvalue weighted by atomic mass is 16.2. The van der Waals surface area contributed by atoms with Crippen molar-refractivity contribution in [2.24, 2.45) is 7.05 Å². The van der Waals surface area contributed by atoms with Crippen molar-refractivity contribution in [1.29, 1.82) is 0 Å². The summed E-state index contributed by atoms with van der Waals surface area (Å²) in [6, 6.07) is 8.87. The molecule has 4 aromatic rings. The molecular weight excluding hydrogens is 422 g/mol. The van der Waals surface area contributed by atoms with E-state index in [1.807, 2.05) is 42.1 Å². The molecular formula is C23H19N7O3. The van der Waals surface area contributed by atoms with E-state index < -0.39 is 11.9 Å². The zero-order chi connectivity index (χ0) is 22.7. The van der Waals surface area contributed by atoms with Crippen LogP contribution in [-0.2, 0) is 23.2 Å². The molecule has 33 heavy (non-hydrogen) atoms. The molecule has 1 N–H and O–H groups in total. The first-order valence-electron chi connectivity index (χ1n) is 10.6. The van der Waals surface area contributed by atoms with Gasteiger partial charge in [0.15, 0.2) is 5.65 Å². The van der Waals surface area contributed by atoms with Crippen LogP contribution in [0.2, 0.25) is 0 Å². The molecule has 2 aliphatic rings. The Morgan fingerprint density at radius 2 is 1.91 bits per heavy atom. The van der Waals surface area contributed by atoms with Crippen LogP contribution in [0.15, 0.2) is 49.2 Å². The van der Waals surface area contributed by atoms with Crippen molar-refractivity contribution in [3.05, 3.63) is 60.3 Å². The van der Waals surface area contributed by atoms with Crippen molar-refractivity contribution in [2.75, 3.05) is 0 Å². The van der Waals surface area contributed by atoms with E-state index in [-0.39, 0.29) is 18.2 Å². The summed E-state index contributed by atoms with van der Waals surface area (Å²) in [5.74, 6) is -0.901. The average Bonchev–Trinajstić information content (AvgIpc) is 3.50. The van der Waals surface area contributed by atoms with Crippen molar-refractivity contribution in [3.8, 4) is 22.5 Å². The molecule has 1 saturated heterocycles. The van der Waals surface area contributed by atoms with Crippen LogP contribution in [0, 0.1) is 0 Å². The molecule has 1 unspecified atom stereocenters. The number of aryl methyl sites for hydroxylation is 1. The Hall–Kier alpha value is -4.34. The van der Waals surface area contributed by atoms with Gasteiger partial charge in [0.2, 0.25) is 11.8 Å². The van der Waals surface area contributed by atoms with Gasteiger partial charge in [-0.3, -0.25) is 19.7 Å². The van der Waals surface area contributed by atoms with Crippen molar-refractivity contribution in [2.45, 2.75) is 25.4 Å². The molecule has 3 aromatic heterocycles. The van der Waals surface area contributed by atoms with Crippen LogP contribution in [0.4, 0.5) is 0 Å². The highest BCUT2D eigenvalue weighted by molar-refractivity contribution is 6.05. The molecule has 1 fully saturated rings. The largest absolute Gasteiger partial charge is 0.333 e. The smallest absolute Gasteiger partial charge is 0.255 e. The van der Waals surface area contributed by atoms with Crippen LogP contribution < -0.4 is 5.32 Å². The van der Waals surface area contributed by atoms with E-state index in [2.05, 4.69) is 20.4 Å². The molecule has 0 saturated carbocycles.